The van der Waals surface area contributed by atoms with Gasteiger partial charge in [0.1, 0.15) is 6.10 Å². The van der Waals surface area contributed by atoms with Crippen molar-refractivity contribution in [2.45, 2.75) is 6.10 Å². The average molecular weight is 292 g/mol. The molecule has 0 saturated heterocycles. The number of nitrogens with two attached hydrogens (primary N) is 1. The number of anilines is 1. The summed E-state index contributed by atoms with van der Waals surface area (Å²) in [5.74, 6) is -0.916. The Hall–Kier alpha value is -1.50. The number of carbonyl (C=O) groups is 2. The SMILES string of the molecule is NC(=O)C(O)CNC(=O)Nc1cc(Cl)cc(Cl)c1. The van der Waals surface area contributed by atoms with Crippen molar-refractivity contribution < 1.29 is 14.7 Å². The monoisotopic (exact) mass is 291 g/mol. The number of halogens is 2. The average Bonchev–Trinajstić information content (AvgIpc) is 2.24. The molecule has 1 rings (SSSR count). The Morgan fingerprint density at radius 1 is 1.28 bits per heavy atom. The van der Waals surface area contributed by atoms with E-state index in [1.807, 2.05) is 0 Å². The first-order valence-electron chi connectivity index (χ1n) is 4.87. The van der Waals surface area contributed by atoms with Crippen molar-refractivity contribution in [2.75, 3.05) is 11.9 Å². The van der Waals surface area contributed by atoms with E-state index >= 15 is 0 Å². The molecule has 0 aliphatic rings. The third-order valence-corrected chi connectivity index (χ3v) is 2.34. The number of aliphatic hydroxyl groups is 1. The molecule has 0 saturated carbocycles. The van der Waals surface area contributed by atoms with Crippen molar-refractivity contribution >= 4 is 40.8 Å². The van der Waals surface area contributed by atoms with Gasteiger partial charge in [0, 0.05) is 15.7 Å². The first-order chi connectivity index (χ1) is 8.38. The minimum Gasteiger partial charge on any atom is -0.381 e. The van der Waals surface area contributed by atoms with Crippen molar-refractivity contribution in [2.24, 2.45) is 5.73 Å². The van der Waals surface area contributed by atoms with Gasteiger partial charge < -0.3 is 21.5 Å². The van der Waals surface area contributed by atoms with Gasteiger partial charge in [0.05, 0.1) is 6.54 Å². The second kappa shape index (κ2) is 6.44. The molecule has 0 bridgehead atoms. The highest BCUT2D eigenvalue weighted by atomic mass is 35.5. The standard InChI is InChI=1S/C10H11Cl2N3O3/c11-5-1-6(12)3-7(2-5)15-10(18)14-4-8(16)9(13)17/h1-3,8,16H,4H2,(H2,13,17)(H2,14,15,18). The molecule has 5 N–H and O–H groups in total. The van der Waals surface area contributed by atoms with Crippen LogP contribution in [0, 0.1) is 0 Å². The number of benzene rings is 1. The number of hydrogen-bond acceptors (Lipinski definition) is 3. The van der Waals surface area contributed by atoms with E-state index in [4.69, 9.17) is 34.0 Å². The van der Waals surface area contributed by atoms with Crippen LogP contribution in [0.2, 0.25) is 10.0 Å². The van der Waals surface area contributed by atoms with E-state index in [0.717, 1.165) is 0 Å². The molecule has 0 aliphatic carbocycles. The van der Waals surface area contributed by atoms with Crippen LogP contribution in [0.4, 0.5) is 10.5 Å². The zero-order valence-electron chi connectivity index (χ0n) is 9.11. The molecule has 98 valence electrons. The summed E-state index contributed by atoms with van der Waals surface area (Å²) in [4.78, 5) is 21.9. The molecule has 0 fully saturated rings. The Morgan fingerprint density at radius 2 is 1.83 bits per heavy atom. The normalized spacial score (nSPS) is 11.7. The Labute approximate surface area is 113 Å². The van der Waals surface area contributed by atoms with Crippen molar-refractivity contribution in [1.82, 2.24) is 5.32 Å². The quantitative estimate of drug-likeness (QED) is 0.664. The second-order valence-electron chi connectivity index (χ2n) is 3.41. The van der Waals surface area contributed by atoms with Crippen LogP contribution >= 0.6 is 23.2 Å². The molecule has 1 unspecified atom stereocenters. The van der Waals surface area contributed by atoms with Crippen LogP contribution in [0.5, 0.6) is 0 Å². The molecule has 0 aromatic heterocycles. The molecule has 6 nitrogen and oxygen atoms in total. The van der Waals surface area contributed by atoms with Crippen molar-refractivity contribution in [3.05, 3.63) is 28.2 Å². The Morgan fingerprint density at radius 3 is 2.33 bits per heavy atom. The van der Waals surface area contributed by atoms with Gasteiger partial charge in [-0.05, 0) is 18.2 Å². The Kier molecular flexibility index (Phi) is 5.21. The van der Waals surface area contributed by atoms with Gasteiger partial charge in [-0.1, -0.05) is 23.2 Å². The first kappa shape index (κ1) is 14.6. The van der Waals surface area contributed by atoms with Gasteiger partial charge in [-0.15, -0.1) is 0 Å². The van der Waals surface area contributed by atoms with Gasteiger partial charge in [0.15, 0.2) is 0 Å². The van der Waals surface area contributed by atoms with Crippen molar-refractivity contribution in [1.29, 1.82) is 0 Å². The summed E-state index contributed by atoms with van der Waals surface area (Å²) in [6.45, 7) is -0.282. The maximum absolute atomic E-state index is 11.4. The summed E-state index contributed by atoms with van der Waals surface area (Å²) >= 11 is 11.5. The van der Waals surface area contributed by atoms with Gasteiger partial charge in [-0.3, -0.25) is 4.79 Å². The molecular formula is C10H11Cl2N3O3. The molecule has 3 amide bonds. The topological polar surface area (TPSA) is 104 Å². The smallest absolute Gasteiger partial charge is 0.319 e. The van der Waals surface area contributed by atoms with Crippen LogP contribution in [0.1, 0.15) is 0 Å². The number of hydrogen-bond donors (Lipinski definition) is 4. The van der Waals surface area contributed by atoms with Gasteiger partial charge in [0.2, 0.25) is 5.91 Å². The summed E-state index contributed by atoms with van der Waals surface area (Å²) < 4.78 is 0. The van der Waals surface area contributed by atoms with Crippen molar-refractivity contribution in [3.8, 4) is 0 Å². The highest BCUT2D eigenvalue weighted by Gasteiger charge is 2.12. The largest absolute Gasteiger partial charge is 0.381 e. The summed E-state index contributed by atoms with van der Waals surface area (Å²) in [6.07, 6.45) is -1.43. The molecular weight excluding hydrogens is 281 g/mol. The molecule has 0 spiro atoms. The van der Waals surface area contributed by atoms with Crippen LogP contribution in [-0.2, 0) is 4.79 Å². The number of primary amides is 1. The molecule has 1 atom stereocenters. The van der Waals surface area contributed by atoms with Crippen LogP contribution in [-0.4, -0.2) is 29.7 Å². The van der Waals surface area contributed by atoms with E-state index in [2.05, 4.69) is 10.6 Å². The first-order valence-corrected chi connectivity index (χ1v) is 5.62. The van der Waals surface area contributed by atoms with E-state index < -0.39 is 18.0 Å². The van der Waals surface area contributed by atoms with Crippen LogP contribution in [0.15, 0.2) is 18.2 Å². The van der Waals surface area contributed by atoms with Gasteiger partial charge in [0.25, 0.3) is 0 Å². The summed E-state index contributed by atoms with van der Waals surface area (Å²) in [5.41, 5.74) is 5.21. The summed E-state index contributed by atoms with van der Waals surface area (Å²) in [5, 5.41) is 14.5. The Bertz CT molecular complexity index is 447. The van der Waals surface area contributed by atoms with Crippen molar-refractivity contribution in [3.63, 3.8) is 0 Å². The zero-order chi connectivity index (χ0) is 13.7. The van der Waals surface area contributed by atoms with E-state index in [9.17, 15) is 9.59 Å². The molecule has 8 heteroatoms. The minimum atomic E-state index is -1.43. The Balaban J connectivity index is 2.52. The van der Waals surface area contributed by atoms with Gasteiger partial charge in [-0.25, -0.2) is 4.79 Å². The summed E-state index contributed by atoms with van der Waals surface area (Å²) in [7, 11) is 0. The molecule has 0 aliphatic heterocycles. The van der Waals surface area contributed by atoms with Crippen LogP contribution in [0.25, 0.3) is 0 Å². The minimum absolute atomic E-state index is 0.282. The van der Waals surface area contributed by atoms with E-state index in [-0.39, 0.29) is 6.54 Å². The number of amides is 3. The van der Waals surface area contributed by atoms with Crippen LogP contribution < -0.4 is 16.4 Å². The fraction of sp³-hybridized carbons (Fsp3) is 0.200. The molecule has 1 aromatic rings. The number of urea groups is 1. The van der Waals surface area contributed by atoms with E-state index in [1.54, 1.807) is 0 Å². The molecule has 18 heavy (non-hydrogen) atoms. The predicted molar refractivity (Wildman–Crippen MR) is 68.7 cm³/mol. The maximum atomic E-state index is 11.4. The van der Waals surface area contributed by atoms with E-state index in [1.165, 1.54) is 18.2 Å². The van der Waals surface area contributed by atoms with Gasteiger partial charge >= 0.3 is 6.03 Å². The number of rotatable bonds is 4. The number of carbonyl (C=O) groups excluding carboxylic acids is 2. The zero-order valence-corrected chi connectivity index (χ0v) is 10.6. The third-order valence-electron chi connectivity index (χ3n) is 1.90. The maximum Gasteiger partial charge on any atom is 0.319 e. The lowest BCUT2D eigenvalue weighted by Gasteiger charge is -2.10. The summed E-state index contributed by atoms with van der Waals surface area (Å²) in [6, 6.07) is 3.89. The fourth-order valence-electron chi connectivity index (χ4n) is 1.09. The van der Waals surface area contributed by atoms with E-state index in [0.29, 0.717) is 15.7 Å². The lowest BCUT2D eigenvalue weighted by Crippen LogP contribution is -2.41. The lowest BCUT2D eigenvalue weighted by molar-refractivity contribution is -0.125. The highest BCUT2D eigenvalue weighted by Crippen LogP contribution is 2.22. The fourth-order valence-corrected chi connectivity index (χ4v) is 1.62. The predicted octanol–water partition coefficient (Wildman–Crippen LogP) is 0.961. The highest BCUT2D eigenvalue weighted by molar-refractivity contribution is 6.35. The second-order valence-corrected chi connectivity index (χ2v) is 4.28. The molecule has 1 aromatic carbocycles. The molecule has 0 heterocycles. The van der Waals surface area contributed by atoms with Gasteiger partial charge in [-0.2, -0.15) is 0 Å². The lowest BCUT2D eigenvalue weighted by atomic mass is 10.3. The number of nitrogens with one attached hydrogen (secondary N) is 2. The molecule has 0 radical (unpaired) electrons. The van der Waals surface area contributed by atoms with Crippen LogP contribution in [0.3, 0.4) is 0 Å². The number of aliphatic hydroxyl groups excluding tert-OH is 1. The third kappa shape index (κ3) is 4.79.